The number of hydrogen-bond acceptors (Lipinski definition) is 3. The Morgan fingerprint density at radius 3 is 2.33 bits per heavy atom. The summed E-state index contributed by atoms with van der Waals surface area (Å²) in [6.45, 7) is 1.32. The van der Waals surface area contributed by atoms with E-state index in [0.29, 0.717) is 13.2 Å². The molecule has 0 atom stereocenters. The highest BCUT2D eigenvalue weighted by Crippen LogP contribution is 2.20. The Balaban J connectivity index is 1.84. The summed E-state index contributed by atoms with van der Waals surface area (Å²) in [5.74, 6) is -0.0424. The molecular weight excluding hydrogens is 264 g/mol. The summed E-state index contributed by atoms with van der Waals surface area (Å²) in [6, 6.07) is 18.2. The van der Waals surface area contributed by atoms with Crippen LogP contribution in [0.25, 0.3) is 11.1 Å². The van der Waals surface area contributed by atoms with E-state index < -0.39 is 0 Å². The van der Waals surface area contributed by atoms with Gasteiger partial charge in [-0.3, -0.25) is 4.79 Å². The number of nitrogens with one attached hydrogen (secondary N) is 2. The molecule has 4 heteroatoms. The average Bonchev–Trinajstić information content (AvgIpc) is 2.54. The summed E-state index contributed by atoms with van der Waals surface area (Å²) in [5.41, 5.74) is 3.27. The molecule has 2 aromatic carbocycles. The molecule has 2 aromatic rings. The zero-order valence-corrected chi connectivity index (χ0v) is 12.1. The molecule has 21 heavy (non-hydrogen) atoms. The summed E-state index contributed by atoms with van der Waals surface area (Å²) in [4.78, 5) is 11.6. The Hall–Kier alpha value is -2.33. The molecule has 0 spiro atoms. The van der Waals surface area contributed by atoms with Crippen molar-refractivity contribution in [1.29, 1.82) is 0 Å². The van der Waals surface area contributed by atoms with E-state index in [1.165, 1.54) is 5.56 Å². The number of carbonyl (C=O) groups excluding carboxylic acids is 1. The van der Waals surface area contributed by atoms with Crippen LogP contribution in [0, 0.1) is 0 Å². The van der Waals surface area contributed by atoms with E-state index in [0.717, 1.165) is 11.3 Å². The Bertz CT molecular complexity index is 553. The zero-order chi connectivity index (χ0) is 14.9. The number of amides is 1. The maximum atomic E-state index is 11.6. The van der Waals surface area contributed by atoms with Gasteiger partial charge < -0.3 is 15.4 Å². The van der Waals surface area contributed by atoms with E-state index in [4.69, 9.17) is 4.74 Å². The molecule has 2 N–H and O–H groups in total. The third-order valence-electron chi connectivity index (χ3n) is 3.07. The molecule has 0 aliphatic carbocycles. The summed E-state index contributed by atoms with van der Waals surface area (Å²) < 4.78 is 4.88. The summed E-state index contributed by atoms with van der Waals surface area (Å²) >= 11 is 0. The fraction of sp³-hybridized carbons (Fsp3) is 0.235. The molecule has 1 amide bonds. The third kappa shape index (κ3) is 4.93. The molecule has 0 aromatic heterocycles. The molecule has 0 saturated heterocycles. The summed E-state index contributed by atoms with van der Waals surface area (Å²) in [7, 11) is 1.61. The number of carbonyl (C=O) groups is 1. The van der Waals surface area contributed by atoms with Gasteiger partial charge in [0.2, 0.25) is 5.91 Å². The van der Waals surface area contributed by atoms with Gasteiger partial charge in [0.05, 0.1) is 13.2 Å². The van der Waals surface area contributed by atoms with Crippen LogP contribution >= 0.6 is 0 Å². The minimum Gasteiger partial charge on any atom is -0.383 e. The molecule has 110 valence electrons. The van der Waals surface area contributed by atoms with Crippen LogP contribution in [-0.2, 0) is 9.53 Å². The predicted molar refractivity (Wildman–Crippen MR) is 85.3 cm³/mol. The molecule has 0 saturated carbocycles. The van der Waals surface area contributed by atoms with Gasteiger partial charge in [-0.25, -0.2) is 0 Å². The van der Waals surface area contributed by atoms with Gasteiger partial charge in [0.15, 0.2) is 0 Å². The lowest BCUT2D eigenvalue weighted by Gasteiger charge is -2.08. The van der Waals surface area contributed by atoms with E-state index in [9.17, 15) is 4.79 Å². The Morgan fingerprint density at radius 1 is 1.00 bits per heavy atom. The van der Waals surface area contributed by atoms with Crippen molar-refractivity contribution in [3.8, 4) is 11.1 Å². The van der Waals surface area contributed by atoms with E-state index in [-0.39, 0.29) is 12.5 Å². The van der Waals surface area contributed by atoms with E-state index in [1.807, 2.05) is 42.5 Å². The van der Waals surface area contributed by atoms with Crippen molar-refractivity contribution in [3.63, 3.8) is 0 Å². The molecule has 0 aliphatic rings. The molecule has 2 rings (SSSR count). The molecule has 0 bridgehead atoms. The van der Waals surface area contributed by atoms with Crippen LogP contribution in [0.15, 0.2) is 54.6 Å². The molecule has 0 unspecified atom stereocenters. The first-order chi connectivity index (χ1) is 10.3. The molecular formula is C17H20N2O2. The van der Waals surface area contributed by atoms with Crippen LogP contribution in [0.2, 0.25) is 0 Å². The summed E-state index contributed by atoms with van der Waals surface area (Å²) in [5, 5.41) is 5.86. The first-order valence-electron chi connectivity index (χ1n) is 6.94. The van der Waals surface area contributed by atoms with Crippen molar-refractivity contribution in [2.24, 2.45) is 0 Å². The maximum absolute atomic E-state index is 11.6. The van der Waals surface area contributed by atoms with Gasteiger partial charge in [-0.1, -0.05) is 42.5 Å². The summed E-state index contributed by atoms with van der Waals surface area (Å²) in [6.07, 6.45) is 0. The largest absolute Gasteiger partial charge is 0.383 e. The number of anilines is 1. The Morgan fingerprint density at radius 2 is 1.67 bits per heavy atom. The van der Waals surface area contributed by atoms with Gasteiger partial charge in [-0.15, -0.1) is 0 Å². The first-order valence-corrected chi connectivity index (χ1v) is 6.94. The fourth-order valence-electron chi connectivity index (χ4n) is 1.95. The SMILES string of the molecule is COCCNC(=O)CNc1ccc(-c2ccccc2)cc1. The van der Waals surface area contributed by atoms with Crippen molar-refractivity contribution >= 4 is 11.6 Å². The number of rotatable bonds is 7. The van der Waals surface area contributed by atoms with Crippen molar-refractivity contribution in [3.05, 3.63) is 54.6 Å². The second kappa shape index (κ2) is 8.07. The quantitative estimate of drug-likeness (QED) is 0.768. The van der Waals surface area contributed by atoms with Gasteiger partial charge in [-0.05, 0) is 23.3 Å². The molecule has 0 heterocycles. The van der Waals surface area contributed by atoms with Crippen LogP contribution in [0.5, 0.6) is 0 Å². The van der Waals surface area contributed by atoms with Gasteiger partial charge in [0.25, 0.3) is 0 Å². The van der Waals surface area contributed by atoms with Crippen molar-refractivity contribution in [1.82, 2.24) is 5.32 Å². The highest BCUT2D eigenvalue weighted by Gasteiger charge is 2.01. The van der Waals surface area contributed by atoms with Crippen LogP contribution in [-0.4, -0.2) is 32.7 Å². The Labute approximate surface area is 125 Å². The third-order valence-corrected chi connectivity index (χ3v) is 3.07. The minimum atomic E-state index is -0.0424. The lowest BCUT2D eigenvalue weighted by Crippen LogP contribution is -2.32. The van der Waals surface area contributed by atoms with Crippen LogP contribution in [0.4, 0.5) is 5.69 Å². The van der Waals surface area contributed by atoms with Crippen molar-refractivity contribution < 1.29 is 9.53 Å². The number of methoxy groups -OCH3 is 1. The second-order valence-electron chi connectivity index (χ2n) is 4.64. The number of benzene rings is 2. The topological polar surface area (TPSA) is 50.4 Å². The number of ether oxygens (including phenoxy) is 1. The second-order valence-corrected chi connectivity index (χ2v) is 4.64. The normalized spacial score (nSPS) is 10.1. The smallest absolute Gasteiger partial charge is 0.239 e. The predicted octanol–water partition coefficient (Wildman–Crippen LogP) is 2.53. The van der Waals surface area contributed by atoms with E-state index in [1.54, 1.807) is 7.11 Å². The average molecular weight is 284 g/mol. The van der Waals surface area contributed by atoms with Gasteiger partial charge >= 0.3 is 0 Å². The lowest BCUT2D eigenvalue weighted by atomic mass is 10.1. The van der Waals surface area contributed by atoms with Crippen LogP contribution in [0.1, 0.15) is 0 Å². The fourth-order valence-corrected chi connectivity index (χ4v) is 1.95. The zero-order valence-electron chi connectivity index (χ0n) is 12.1. The lowest BCUT2D eigenvalue weighted by molar-refractivity contribution is -0.119. The van der Waals surface area contributed by atoms with E-state index in [2.05, 4.69) is 22.8 Å². The molecule has 0 aliphatic heterocycles. The number of hydrogen-bond donors (Lipinski definition) is 2. The van der Waals surface area contributed by atoms with E-state index >= 15 is 0 Å². The highest BCUT2D eigenvalue weighted by molar-refractivity contribution is 5.80. The van der Waals surface area contributed by atoms with Crippen LogP contribution in [0.3, 0.4) is 0 Å². The maximum Gasteiger partial charge on any atom is 0.239 e. The molecule has 0 fully saturated rings. The highest BCUT2D eigenvalue weighted by atomic mass is 16.5. The van der Waals surface area contributed by atoms with Gasteiger partial charge in [-0.2, -0.15) is 0 Å². The molecule has 0 radical (unpaired) electrons. The van der Waals surface area contributed by atoms with Crippen molar-refractivity contribution in [2.75, 3.05) is 32.1 Å². The standard InChI is InChI=1S/C17H20N2O2/c1-21-12-11-18-17(20)13-19-16-9-7-15(8-10-16)14-5-3-2-4-6-14/h2-10,19H,11-13H2,1H3,(H,18,20). The Kier molecular flexibility index (Phi) is 5.79. The van der Waals surface area contributed by atoms with Gasteiger partial charge in [0, 0.05) is 19.3 Å². The minimum absolute atomic E-state index is 0.0424. The van der Waals surface area contributed by atoms with Crippen LogP contribution < -0.4 is 10.6 Å². The van der Waals surface area contributed by atoms with Gasteiger partial charge in [0.1, 0.15) is 0 Å². The van der Waals surface area contributed by atoms with Crippen molar-refractivity contribution in [2.45, 2.75) is 0 Å². The molecule has 4 nitrogen and oxygen atoms in total. The first kappa shape index (κ1) is 15.1. The monoisotopic (exact) mass is 284 g/mol.